The van der Waals surface area contributed by atoms with E-state index >= 15 is 0 Å². The van der Waals surface area contributed by atoms with Crippen molar-refractivity contribution in [1.29, 1.82) is 0 Å². The van der Waals surface area contributed by atoms with Crippen LogP contribution in [-0.4, -0.2) is 30.8 Å². The van der Waals surface area contributed by atoms with E-state index in [0.717, 1.165) is 5.75 Å². The van der Waals surface area contributed by atoms with Crippen molar-refractivity contribution in [2.45, 2.75) is 46.1 Å². The molecule has 1 aromatic rings. The normalized spacial score (nSPS) is 10.8. The fourth-order valence-electron chi connectivity index (χ4n) is 1.80. The van der Waals surface area contributed by atoms with E-state index in [9.17, 15) is 9.59 Å². The first kappa shape index (κ1) is 18.8. The maximum Gasteiger partial charge on any atom is 0.319 e. The van der Waals surface area contributed by atoms with E-state index in [1.54, 1.807) is 24.3 Å². The molecule has 0 saturated carbocycles. The first-order chi connectivity index (χ1) is 10.8. The third-order valence-electron chi connectivity index (χ3n) is 2.69. The molecule has 0 aliphatic heterocycles. The number of carbonyl (C=O) groups excluding carboxylic acids is 2. The van der Waals surface area contributed by atoms with E-state index in [0.29, 0.717) is 25.3 Å². The molecule has 1 rings (SSSR count). The van der Waals surface area contributed by atoms with Gasteiger partial charge in [0.1, 0.15) is 11.4 Å². The van der Waals surface area contributed by atoms with E-state index < -0.39 is 5.60 Å². The van der Waals surface area contributed by atoms with E-state index in [1.165, 1.54) is 0 Å². The number of rotatable bonds is 7. The van der Waals surface area contributed by atoms with Gasteiger partial charge in [-0.1, -0.05) is 0 Å². The third-order valence-corrected chi connectivity index (χ3v) is 2.69. The Morgan fingerprint density at radius 3 is 2.35 bits per heavy atom. The number of hydrogen-bond donors (Lipinski definition) is 2. The minimum Gasteiger partial charge on any atom is -0.494 e. The van der Waals surface area contributed by atoms with Gasteiger partial charge in [-0.3, -0.25) is 4.79 Å². The minimum absolute atomic E-state index is 0.258. The van der Waals surface area contributed by atoms with Crippen LogP contribution in [0.1, 0.15) is 40.5 Å². The lowest BCUT2D eigenvalue weighted by molar-refractivity contribution is -0.154. The fourth-order valence-corrected chi connectivity index (χ4v) is 1.80. The Bertz CT molecular complexity index is 506. The molecule has 0 atom stereocenters. The van der Waals surface area contributed by atoms with Gasteiger partial charge in [-0.05, 0) is 58.4 Å². The van der Waals surface area contributed by atoms with Crippen LogP contribution in [0, 0.1) is 0 Å². The Morgan fingerprint density at radius 1 is 1.13 bits per heavy atom. The van der Waals surface area contributed by atoms with Crippen molar-refractivity contribution in [3.8, 4) is 5.75 Å². The van der Waals surface area contributed by atoms with Crippen molar-refractivity contribution < 1.29 is 19.1 Å². The van der Waals surface area contributed by atoms with Crippen molar-refractivity contribution in [2.24, 2.45) is 0 Å². The quantitative estimate of drug-likeness (QED) is 0.596. The number of urea groups is 1. The largest absolute Gasteiger partial charge is 0.494 e. The summed E-state index contributed by atoms with van der Waals surface area (Å²) in [5.74, 6) is 0.502. The van der Waals surface area contributed by atoms with E-state index in [-0.39, 0.29) is 18.4 Å². The predicted octanol–water partition coefficient (Wildman–Crippen LogP) is 3.33. The summed E-state index contributed by atoms with van der Waals surface area (Å²) in [5.41, 5.74) is 0.202. The summed E-state index contributed by atoms with van der Waals surface area (Å²) < 4.78 is 10.5. The molecule has 2 N–H and O–H groups in total. The molecule has 0 heterocycles. The van der Waals surface area contributed by atoms with E-state index in [4.69, 9.17) is 9.47 Å². The maximum absolute atomic E-state index is 11.7. The zero-order valence-electron chi connectivity index (χ0n) is 14.3. The number of anilines is 1. The second kappa shape index (κ2) is 9.02. The van der Waals surface area contributed by atoms with Gasteiger partial charge in [-0.2, -0.15) is 0 Å². The van der Waals surface area contributed by atoms with Gasteiger partial charge < -0.3 is 20.1 Å². The van der Waals surface area contributed by atoms with Crippen molar-refractivity contribution in [3.63, 3.8) is 0 Å². The molecule has 0 aliphatic rings. The molecule has 0 saturated heterocycles. The third kappa shape index (κ3) is 8.70. The van der Waals surface area contributed by atoms with Crippen molar-refractivity contribution >= 4 is 17.7 Å². The van der Waals surface area contributed by atoms with Crippen LogP contribution in [0.15, 0.2) is 24.3 Å². The molecule has 0 bridgehead atoms. The fraction of sp³-hybridized carbons (Fsp3) is 0.529. The smallest absolute Gasteiger partial charge is 0.319 e. The number of amides is 2. The average Bonchev–Trinajstić information content (AvgIpc) is 2.44. The van der Waals surface area contributed by atoms with Gasteiger partial charge in [0, 0.05) is 18.7 Å². The summed E-state index contributed by atoms with van der Waals surface area (Å²) in [6.45, 7) is 8.40. The molecule has 23 heavy (non-hydrogen) atoms. The van der Waals surface area contributed by atoms with Gasteiger partial charge in [-0.25, -0.2) is 4.79 Å². The molecule has 6 nitrogen and oxygen atoms in total. The zero-order chi connectivity index (χ0) is 17.3. The molecular formula is C17H26N2O4. The standard InChI is InChI=1S/C17H26N2O4/c1-5-22-14-10-8-13(9-11-14)19-16(21)18-12-6-7-15(20)23-17(2,3)4/h8-11H,5-7,12H2,1-4H3,(H2,18,19,21). The van der Waals surface area contributed by atoms with Gasteiger partial charge in [0.05, 0.1) is 6.61 Å². The summed E-state index contributed by atoms with van der Waals surface area (Å²) >= 11 is 0. The highest BCUT2D eigenvalue weighted by molar-refractivity contribution is 5.89. The lowest BCUT2D eigenvalue weighted by atomic mass is 10.2. The van der Waals surface area contributed by atoms with Gasteiger partial charge in [-0.15, -0.1) is 0 Å². The Labute approximate surface area is 137 Å². The van der Waals surface area contributed by atoms with Crippen molar-refractivity contribution in [1.82, 2.24) is 5.32 Å². The topological polar surface area (TPSA) is 76.7 Å². The number of ether oxygens (including phenoxy) is 2. The summed E-state index contributed by atoms with van der Waals surface area (Å²) in [6, 6.07) is 6.82. The summed E-state index contributed by atoms with van der Waals surface area (Å²) in [7, 11) is 0. The minimum atomic E-state index is -0.477. The lowest BCUT2D eigenvalue weighted by Crippen LogP contribution is -2.30. The van der Waals surface area contributed by atoms with Crippen LogP contribution >= 0.6 is 0 Å². The summed E-state index contributed by atoms with van der Waals surface area (Å²) in [6.07, 6.45) is 0.812. The lowest BCUT2D eigenvalue weighted by Gasteiger charge is -2.19. The molecule has 1 aromatic carbocycles. The molecule has 0 spiro atoms. The Hall–Kier alpha value is -2.24. The van der Waals surface area contributed by atoms with Crippen LogP contribution in [0.3, 0.4) is 0 Å². The van der Waals surface area contributed by atoms with Crippen molar-refractivity contribution in [2.75, 3.05) is 18.5 Å². The van der Waals surface area contributed by atoms with Crippen molar-refractivity contribution in [3.05, 3.63) is 24.3 Å². The van der Waals surface area contributed by atoms with E-state index in [1.807, 2.05) is 27.7 Å². The molecule has 128 valence electrons. The zero-order valence-corrected chi connectivity index (χ0v) is 14.3. The number of hydrogen-bond acceptors (Lipinski definition) is 4. The Kier molecular flexibility index (Phi) is 7.38. The average molecular weight is 322 g/mol. The SMILES string of the molecule is CCOc1ccc(NC(=O)NCCCC(=O)OC(C)(C)C)cc1. The molecule has 0 fully saturated rings. The summed E-state index contributed by atoms with van der Waals surface area (Å²) in [5, 5.41) is 5.42. The first-order valence-corrected chi connectivity index (χ1v) is 7.79. The first-order valence-electron chi connectivity index (χ1n) is 7.79. The highest BCUT2D eigenvalue weighted by Crippen LogP contribution is 2.15. The van der Waals surface area contributed by atoms with Crippen LogP contribution in [0.2, 0.25) is 0 Å². The maximum atomic E-state index is 11.7. The molecule has 2 amide bonds. The van der Waals surface area contributed by atoms with Gasteiger partial charge in [0.15, 0.2) is 0 Å². The molecular weight excluding hydrogens is 296 g/mol. The number of esters is 1. The number of carbonyl (C=O) groups is 2. The molecule has 0 unspecified atom stereocenters. The van der Waals surface area contributed by atoms with Crippen LogP contribution in [-0.2, 0) is 9.53 Å². The monoisotopic (exact) mass is 322 g/mol. The van der Waals surface area contributed by atoms with Crippen LogP contribution in [0.5, 0.6) is 5.75 Å². The molecule has 0 radical (unpaired) electrons. The van der Waals surface area contributed by atoms with E-state index in [2.05, 4.69) is 10.6 Å². The van der Waals surface area contributed by atoms with Gasteiger partial charge in [0.2, 0.25) is 0 Å². The van der Waals surface area contributed by atoms with Crippen LogP contribution in [0.25, 0.3) is 0 Å². The van der Waals surface area contributed by atoms with Crippen LogP contribution in [0.4, 0.5) is 10.5 Å². The van der Waals surface area contributed by atoms with Crippen LogP contribution < -0.4 is 15.4 Å². The molecule has 6 heteroatoms. The predicted molar refractivity (Wildman–Crippen MR) is 89.7 cm³/mol. The number of benzene rings is 1. The van der Waals surface area contributed by atoms with Gasteiger partial charge in [0.25, 0.3) is 0 Å². The second-order valence-electron chi connectivity index (χ2n) is 6.03. The highest BCUT2D eigenvalue weighted by Gasteiger charge is 2.15. The molecule has 0 aliphatic carbocycles. The van der Waals surface area contributed by atoms with Gasteiger partial charge >= 0.3 is 12.0 Å². The Morgan fingerprint density at radius 2 is 1.78 bits per heavy atom. The summed E-state index contributed by atoms with van der Waals surface area (Å²) in [4.78, 5) is 23.2. The molecule has 0 aromatic heterocycles. The highest BCUT2D eigenvalue weighted by atomic mass is 16.6. The Balaban J connectivity index is 2.23. The number of nitrogens with one attached hydrogen (secondary N) is 2. The second-order valence-corrected chi connectivity index (χ2v) is 6.03.